The Labute approximate surface area is 268 Å². The lowest BCUT2D eigenvalue weighted by atomic mass is 9.75. The van der Waals surface area contributed by atoms with Gasteiger partial charge in [0, 0.05) is 30.6 Å². The van der Waals surface area contributed by atoms with Crippen LogP contribution in [0, 0.1) is 11.2 Å². The zero-order valence-electron chi connectivity index (χ0n) is 26.4. The van der Waals surface area contributed by atoms with Gasteiger partial charge in [-0.3, -0.25) is 0 Å². The minimum atomic E-state index is -0.517. The number of aryl methyl sites for hydroxylation is 3. The molecule has 4 heterocycles. The summed E-state index contributed by atoms with van der Waals surface area (Å²) in [4.78, 5) is 24.0. The van der Waals surface area contributed by atoms with Gasteiger partial charge in [-0.25, -0.2) is 19.0 Å². The molecule has 9 heteroatoms. The maximum atomic E-state index is 15.5. The van der Waals surface area contributed by atoms with E-state index >= 15 is 4.39 Å². The summed E-state index contributed by atoms with van der Waals surface area (Å²) < 4.78 is 23.5. The second-order valence-corrected chi connectivity index (χ2v) is 14.1. The monoisotopic (exact) mass is 625 g/mol. The first-order valence-corrected chi connectivity index (χ1v) is 16.8. The number of aromatic nitrogens is 5. The van der Waals surface area contributed by atoms with Crippen molar-refractivity contribution in [3.8, 4) is 23.0 Å². The molecule has 0 spiro atoms. The molecule has 0 saturated heterocycles. The molecule has 1 aliphatic rings. The second-order valence-electron chi connectivity index (χ2n) is 13.0. The van der Waals surface area contributed by atoms with Crippen molar-refractivity contribution in [1.82, 2.24) is 24.7 Å². The van der Waals surface area contributed by atoms with Crippen LogP contribution in [0.5, 0.6) is 11.6 Å². The number of ether oxygens (including phenoxy) is 1. The standard InChI is InChI=1S/C36H40FN5O2S/c1-35(2)15-7-16-36(3,25-10-5-8-24(20-25)9-6-18-43)34-40-32(42(4)41-34)29-21-26(11-12-30(29)37)44-33-28(14-19-45-23-35)27-13-17-38-31(27)22-39-33/h5,8,10-13,17-18,20-22,38H,6-7,9,14-16,19,23H2,1-4H3/t36-/m1/s1. The maximum Gasteiger partial charge on any atom is 0.223 e. The first-order chi connectivity index (χ1) is 21.7. The van der Waals surface area contributed by atoms with Crippen LogP contribution in [0.4, 0.5) is 4.39 Å². The Bertz CT molecular complexity index is 1830. The molecule has 0 amide bonds. The van der Waals surface area contributed by atoms with Gasteiger partial charge in [0.25, 0.3) is 0 Å². The number of nitrogens with zero attached hydrogens (tertiary/aromatic N) is 4. The Morgan fingerprint density at radius 3 is 2.84 bits per heavy atom. The number of pyridine rings is 1. The van der Waals surface area contributed by atoms with Crippen molar-refractivity contribution in [2.75, 3.05) is 11.5 Å². The highest BCUT2D eigenvalue weighted by molar-refractivity contribution is 7.99. The highest BCUT2D eigenvalue weighted by Crippen LogP contribution is 2.40. The number of fused-ring (bicyclic) bond motifs is 8. The number of halogens is 1. The predicted octanol–water partition coefficient (Wildman–Crippen LogP) is 8.21. The third-order valence-electron chi connectivity index (χ3n) is 8.96. The molecule has 0 radical (unpaired) electrons. The highest BCUT2D eigenvalue weighted by atomic mass is 32.2. The van der Waals surface area contributed by atoms with Gasteiger partial charge in [-0.15, -0.1) is 0 Å². The molecule has 2 aromatic carbocycles. The topological polar surface area (TPSA) is 85.7 Å². The lowest BCUT2D eigenvalue weighted by Gasteiger charge is -2.30. The minimum Gasteiger partial charge on any atom is -0.439 e. The fourth-order valence-corrected chi connectivity index (χ4v) is 7.49. The van der Waals surface area contributed by atoms with Gasteiger partial charge in [0.1, 0.15) is 17.9 Å². The van der Waals surface area contributed by atoms with Gasteiger partial charge in [-0.2, -0.15) is 16.9 Å². The summed E-state index contributed by atoms with van der Waals surface area (Å²) in [6, 6.07) is 15.2. The molecule has 4 bridgehead atoms. The number of hydrogen-bond acceptors (Lipinski definition) is 6. The van der Waals surface area contributed by atoms with Gasteiger partial charge in [-0.1, -0.05) is 44.5 Å². The summed E-state index contributed by atoms with van der Waals surface area (Å²) in [5, 5.41) is 5.99. The Balaban J connectivity index is 1.45. The minimum absolute atomic E-state index is 0.129. The zero-order valence-corrected chi connectivity index (χ0v) is 27.2. The van der Waals surface area contributed by atoms with Crippen molar-refractivity contribution in [2.24, 2.45) is 12.5 Å². The largest absolute Gasteiger partial charge is 0.439 e. The van der Waals surface area contributed by atoms with Crippen molar-refractivity contribution in [1.29, 1.82) is 0 Å². The number of carbonyl (C=O) groups excluding carboxylic acids is 1. The van der Waals surface area contributed by atoms with E-state index in [1.807, 2.05) is 31.1 Å². The second kappa shape index (κ2) is 12.8. The smallest absolute Gasteiger partial charge is 0.223 e. The van der Waals surface area contributed by atoms with Crippen molar-refractivity contribution in [3.05, 3.63) is 89.3 Å². The van der Waals surface area contributed by atoms with Gasteiger partial charge in [-0.05, 0) is 84.9 Å². The number of carbonyl (C=O) groups is 1. The van der Waals surface area contributed by atoms with Crippen LogP contribution in [0.2, 0.25) is 0 Å². The third-order valence-corrected chi connectivity index (χ3v) is 10.4. The van der Waals surface area contributed by atoms with Gasteiger partial charge in [0.15, 0.2) is 11.6 Å². The van der Waals surface area contributed by atoms with Gasteiger partial charge < -0.3 is 14.5 Å². The molecule has 0 unspecified atom stereocenters. The predicted molar refractivity (Wildman–Crippen MR) is 179 cm³/mol. The normalized spacial score (nSPS) is 18.9. The number of benzene rings is 2. The quantitative estimate of drug-likeness (QED) is 0.203. The van der Waals surface area contributed by atoms with Gasteiger partial charge in [0.05, 0.1) is 22.7 Å². The number of hydrogen-bond donors (Lipinski definition) is 1. The number of nitrogens with one attached hydrogen (secondary N) is 1. The molecule has 1 N–H and O–H groups in total. The van der Waals surface area contributed by atoms with Crippen LogP contribution in [-0.2, 0) is 30.1 Å². The Hall–Kier alpha value is -3.98. The van der Waals surface area contributed by atoms with Crippen LogP contribution in [0.15, 0.2) is 60.9 Å². The average molecular weight is 626 g/mol. The van der Waals surface area contributed by atoms with Crippen molar-refractivity contribution in [2.45, 2.75) is 64.7 Å². The summed E-state index contributed by atoms with van der Waals surface area (Å²) >= 11 is 1.95. The van der Waals surface area contributed by atoms with Crippen LogP contribution in [0.1, 0.15) is 69.0 Å². The molecule has 234 valence electrons. The summed E-state index contributed by atoms with van der Waals surface area (Å²) in [5.74, 6) is 3.66. The molecule has 0 saturated carbocycles. The van der Waals surface area contributed by atoms with E-state index in [0.29, 0.717) is 41.7 Å². The molecular weight excluding hydrogens is 585 g/mol. The summed E-state index contributed by atoms with van der Waals surface area (Å²) in [6.45, 7) is 6.86. The van der Waals surface area contributed by atoms with E-state index in [1.54, 1.807) is 23.0 Å². The van der Waals surface area contributed by atoms with E-state index in [0.717, 1.165) is 71.1 Å². The fourth-order valence-electron chi connectivity index (χ4n) is 6.30. The first kappa shape index (κ1) is 31.0. The molecule has 7 nitrogen and oxygen atoms in total. The number of rotatable bonds is 4. The number of thioether (sulfide) groups is 1. The highest BCUT2D eigenvalue weighted by Gasteiger charge is 2.35. The molecule has 3 aromatic heterocycles. The van der Waals surface area contributed by atoms with Crippen LogP contribution < -0.4 is 4.74 Å². The summed E-state index contributed by atoms with van der Waals surface area (Å²) in [7, 11) is 1.81. The molecule has 5 aromatic rings. The average Bonchev–Trinajstić information content (AvgIpc) is 3.66. The number of H-pyrrole nitrogens is 1. The van der Waals surface area contributed by atoms with Crippen LogP contribution in [0.25, 0.3) is 22.3 Å². The molecule has 0 aliphatic carbocycles. The molecule has 0 fully saturated rings. The Kier molecular flexibility index (Phi) is 8.82. The molecular formula is C36H40FN5O2S. The van der Waals surface area contributed by atoms with E-state index in [-0.39, 0.29) is 5.41 Å². The molecule has 45 heavy (non-hydrogen) atoms. The van der Waals surface area contributed by atoms with E-state index in [9.17, 15) is 4.79 Å². The first-order valence-electron chi connectivity index (χ1n) is 15.6. The van der Waals surface area contributed by atoms with Crippen LogP contribution in [0.3, 0.4) is 0 Å². The fraction of sp³-hybridized carbons (Fsp3) is 0.389. The van der Waals surface area contributed by atoms with Gasteiger partial charge in [0.2, 0.25) is 5.88 Å². The third kappa shape index (κ3) is 6.54. The summed E-state index contributed by atoms with van der Waals surface area (Å²) in [5.41, 5.74) is 4.14. The molecule has 1 aliphatic heterocycles. The number of aldehydes is 1. The number of aromatic amines is 1. The van der Waals surface area contributed by atoms with Crippen molar-refractivity contribution >= 4 is 29.0 Å². The lowest BCUT2D eigenvalue weighted by molar-refractivity contribution is -0.107. The van der Waals surface area contributed by atoms with E-state index in [1.165, 1.54) is 6.07 Å². The zero-order chi connectivity index (χ0) is 31.6. The van der Waals surface area contributed by atoms with E-state index < -0.39 is 11.2 Å². The molecule has 6 rings (SSSR count). The Morgan fingerprint density at radius 2 is 2.00 bits per heavy atom. The molecule has 1 atom stereocenters. The SMILES string of the molecule is Cn1nc2nc1-c1cc(ccc1F)Oc1ncc3[nH]ccc3c1CCSCC(C)(C)CCC[C@]2(C)c1cccc(CCC=O)c1. The van der Waals surface area contributed by atoms with E-state index in [4.69, 9.17) is 14.8 Å². The van der Waals surface area contributed by atoms with E-state index in [2.05, 4.69) is 55.0 Å². The van der Waals surface area contributed by atoms with Crippen LogP contribution >= 0.6 is 11.8 Å². The Morgan fingerprint density at radius 1 is 1.13 bits per heavy atom. The van der Waals surface area contributed by atoms with Crippen molar-refractivity contribution < 1.29 is 13.9 Å². The summed E-state index contributed by atoms with van der Waals surface area (Å²) in [6.07, 6.45) is 9.48. The van der Waals surface area contributed by atoms with Gasteiger partial charge >= 0.3 is 0 Å². The lowest BCUT2D eigenvalue weighted by Crippen LogP contribution is -2.27. The van der Waals surface area contributed by atoms with Crippen LogP contribution in [-0.4, -0.2) is 42.5 Å². The maximum absolute atomic E-state index is 15.5. The van der Waals surface area contributed by atoms with Crippen molar-refractivity contribution in [3.63, 3.8) is 0 Å².